The molecular formula is C10H12ClNO3. The number of nitrogens with two attached hydrogens (primary N) is 1. The third kappa shape index (κ3) is 3.20. The van der Waals surface area contributed by atoms with Crippen molar-refractivity contribution in [3.05, 3.63) is 34.9 Å². The van der Waals surface area contributed by atoms with Gasteiger partial charge in [0.25, 0.3) is 0 Å². The number of carbonyl (C=O) groups excluding carboxylic acids is 1. The molecule has 1 rings (SSSR count). The predicted octanol–water partition coefficient (Wildman–Crippen LogP) is 1.31. The average molecular weight is 230 g/mol. The van der Waals surface area contributed by atoms with Gasteiger partial charge in [0.2, 0.25) is 0 Å². The molecule has 4 nitrogen and oxygen atoms in total. The molecule has 1 aromatic carbocycles. The highest BCUT2D eigenvalue weighted by Gasteiger charge is 2.20. The molecule has 0 bridgehead atoms. The van der Waals surface area contributed by atoms with Crippen molar-refractivity contribution in [2.24, 2.45) is 5.90 Å². The third-order valence-electron chi connectivity index (χ3n) is 1.99. The lowest BCUT2D eigenvalue weighted by molar-refractivity contribution is -0.154. The number of methoxy groups -OCH3 is 1. The first-order valence-corrected chi connectivity index (χ1v) is 4.73. The Bertz CT molecular complexity index is 343. The van der Waals surface area contributed by atoms with Crippen LogP contribution in [0.25, 0.3) is 0 Å². The quantitative estimate of drug-likeness (QED) is 0.625. The van der Waals surface area contributed by atoms with E-state index >= 15 is 0 Å². The van der Waals surface area contributed by atoms with Crippen LogP contribution in [0, 0.1) is 0 Å². The molecule has 2 N–H and O–H groups in total. The van der Waals surface area contributed by atoms with Crippen LogP contribution in [0.15, 0.2) is 24.3 Å². The molecule has 1 aromatic rings. The lowest BCUT2D eigenvalue weighted by Gasteiger charge is -2.12. The Morgan fingerprint density at radius 1 is 1.53 bits per heavy atom. The number of esters is 1. The second kappa shape index (κ2) is 5.70. The van der Waals surface area contributed by atoms with Crippen LogP contribution in [0.5, 0.6) is 0 Å². The number of hydrogen-bond donors (Lipinski definition) is 1. The summed E-state index contributed by atoms with van der Waals surface area (Å²) >= 11 is 5.92. The maximum atomic E-state index is 11.2. The van der Waals surface area contributed by atoms with E-state index in [4.69, 9.17) is 17.5 Å². The summed E-state index contributed by atoms with van der Waals surface area (Å²) in [6.45, 7) is 0. The van der Waals surface area contributed by atoms with Gasteiger partial charge < -0.3 is 4.74 Å². The van der Waals surface area contributed by atoms with Gasteiger partial charge in [-0.1, -0.05) is 29.8 Å². The molecule has 0 aromatic heterocycles. The van der Waals surface area contributed by atoms with Crippen LogP contribution in [0.2, 0.25) is 5.02 Å². The molecule has 0 amide bonds. The van der Waals surface area contributed by atoms with Gasteiger partial charge in [0.1, 0.15) is 0 Å². The Labute approximate surface area is 92.9 Å². The average Bonchev–Trinajstić information content (AvgIpc) is 2.27. The van der Waals surface area contributed by atoms with Gasteiger partial charge in [0.15, 0.2) is 6.10 Å². The Morgan fingerprint density at radius 3 is 2.73 bits per heavy atom. The van der Waals surface area contributed by atoms with Crippen LogP contribution in [0.3, 0.4) is 0 Å². The van der Waals surface area contributed by atoms with E-state index in [-0.39, 0.29) is 0 Å². The number of benzene rings is 1. The molecule has 0 saturated heterocycles. The van der Waals surface area contributed by atoms with Crippen LogP contribution in [0.4, 0.5) is 0 Å². The van der Waals surface area contributed by atoms with Gasteiger partial charge in [-0.15, -0.1) is 0 Å². The van der Waals surface area contributed by atoms with Crippen LogP contribution < -0.4 is 5.90 Å². The van der Waals surface area contributed by atoms with Crippen molar-refractivity contribution < 1.29 is 14.4 Å². The van der Waals surface area contributed by atoms with Crippen molar-refractivity contribution in [1.82, 2.24) is 0 Å². The van der Waals surface area contributed by atoms with Crippen molar-refractivity contribution in [3.8, 4) is 0 Å². The van der Waals surface area contributed by atoms with Crippen molar-refractivity contribution in [2.75, 3.05) is 7.11 Å². The monoisotopic (exact) mass is 229 g/mol. The van der Waals surface area contributed by atoms with E-state index in [0.29, 0.717) is 11.4 Å². The van der Waals surface area contributed by atoms with Gasteiger partial charge in [-0.05, 0) is 11.6 Å². The Balaban J connectivity index is 2.75. The lowest BCUT2D eigenvalue weighted by Crippen LogP contribution is -2.30. The molecule has 1 atom stereocenters. The highest BCUT2D eigenvalue weighted by molar-refractivity contribution is 6.31. The smallest absolute Gasteiger partial charge is 0.337 e. The fourth-order valence-electron chi connectivity index (χ4n) is 1.18. The minimum Gasteiger partial charge on any atom is -0.467 e. The Hall–Kier alpha value is -1.10. The van der Waals surface area contributed by atoms with Crippen molar-refractivity contribution in [3.63, 3.8) is 0 Å². The van der Waals surface area contributed by atoms with E-state index < -0.39 is 12.1 Å². The molecule has 0 aliphatic heterocycles. The standard InChI is InChI=1S/C10H12ClNO3/c1-14-10(13)9(15-12)6-7-4-2-3-5-8(7)11/h2-5,9H,6,12H2,1H3. The number of rotatable bonds is 4. The SMILES string of the molecule is COC(=O)C(Cc1ccccc1Cl)ON. The minimum atomic E-state index is -0.824. The minimum absolute atomic E-state index is 0.294. The molecule has 5 heteroatoms. The predicted molar refractivity (Wildman–Crippen MR) is 56.2 cm³/mol. The zero-order chi connectivity index (χ0) is 11.3. The molecule has 82 valence electrons. The second-order valence-electron chi connectivity index (χ2n) is 2.94. The maximum Gasteiger partial charge on any atom is 0.337 e. The molecule has 15 heavy (non-hydrogen) atoms. The summed E-state index contributed by atoms with van der Waals surface area (Å²) in [7, 11) is 1.28. The second-order valence-corrected chi connectivity index (χ2v) is 3.35. The summed E-state index contributed by atoms with van der Waals surface area (Å²) in [5.41, 5.74) is 0.792. The first kappa shape index (κ1) is 12.0. The van der Waals surface area contributed by atoms with Crippen LogP contribution in [-0.2, 0) is 20.8 Å². The van der Waals surface area contributed by atoms with Crippen molar-refractivity contribution in [2.45, 2.75) is 12.5 Å². The highest BCUT2D eigenvalue weighted by atomic mass is 35.5. The van der Waals surface area contributed by atoms with Gasteiger partial charge in [-0.2, -0.15) is 0 Å². The van der Waals surface area contributed by atoms with E-state index in [2.05, 4.69) is 9.57 Å². The van der Waals surface area contributed by atoms with Crippen LogP contribution >= 0.6 is 11.6 Å². The first-order chi connectivity index (χ1) is 7.19. The van der Waals surface area contributed by atoms with Gasteiger partial charge in [-0.25, -0.2) is 10.7 Å². The number of halogens is 1. The third-order valence-corrected chi connectivity index (χ3v) is 2.36. The zero-order valence-electron chi connectivity index (χ0n) is 8.27. The largest absolute Gasteiger partial charge is 0.467 e. The van der Waals surface area contributed by atoms with E-state index in [9.17, 15) is 4.79 Å². The lowest BCUT2D eigenvalue weighted by atomic mass is 10.1. The van der Waals surface area contributed by atoms with Crippen molar-refractivity contribution in [1.29, 1.82) is 0 Å². The van der Waals surface area contributed by atoms with Gasteiger partial charge in [0.05, 0.1) is 7.11 Å². The Kier molecular flexibility index (Phi) is 4.55. The van der Waals surface area contributed by atoms with Crippen molar-refractivity contribution >= 4 is 17.6 Å². The topological polar surface area (TPSA) is 61.5 Å². The summed E-state index contributed by atoms with van der Waals surface area (Å²) in [4.78, 5) is 15.7. The molecular weight excluding hydrogens is 218 g/mol. The summed E-state index contributed by atoms with van der Waals surface area (Å²) in [5.74, 6) is 4.49. The van der Waals surface area contributed by atoms with E-state index in [1.165, 1.54) is 7.11 Å². The number of hydrogen-bond acceptors (Lipinski definition) is 4. The van der Waals surface area contributed by atoms with Crippen LogP contribution in [-0.4, -0.2) is 19.2 Å². The summed E-state index contributed by atoms with van der Waals surface area (Å²) in [6, 6.07) is 7.17. The summed E-state index contributed by atoms with van der Waals surface area (Å²) in [6.07, 6.45) is -0.530. The zero-order valence-corrected chi connectivity index (χ0v) is 9.03. The fourth-order valence-corrected chi connectivity index (χ4v) is 1.40. The fraction of sp³-hybridized carbons (Fsp3) is 0.300. The molecule has 0 radical (unpaired) electrons. The van der Waals surface area contributed by atoms with Gasteiger partial charge in [0, 0.05) is 11.4 Å². The van der Waals surface area contributed by atoms with Gasteiger partial charge >= 0.3 is 5.97 Å². The van der Waals surface area contributed by atoms with Gasteiger partial charge in [-0.3, -0.25) is 4.84 Å². The summed E-state index contributed by atoms with van der Waals surface area (Å²) in [5, 5.41) is 0.573. The molecule has 1 unspecified atom stereocenters. The first-order valence-electron chi connectivity index (χ1n) is 4.35. The van der Waals surface area contributed by atoms with E-state index in [0.717, 1.165) is 5.56 Å². The molecule has 0 aliphatic rings. The molecule has 0 saturated carbocycles. The highest BCUT2D eigenvalue weighted by Crippen LogP contribution is 2.17. The number of ether oxygens (including phenoxy) is 1. The molecule has 0 fully saturated rings. The van der Waals surface area contributed by atoms with E-state index in [1.807, 2.05) is 12.1 Å². The Morgan fingerprint density at radius 2 is 2.20 bits per heavy atom. The van der Waals surface area contributed by atoms with E-state index in [1.54, 1.807) is 12.1 Å². The number of carbonyl (C=O) groups is 1. The molecule has 0 spiro atoms. The normalized spacial score (nSPS) is 12.2. The molecule has 0 aliphatic carbocycles. The summed E-state index contributed by atoms with van der Waals surface area (Å²) < 4.78 is 4.53. The van der Waals surface area contributed by atoms with Crippen LogP contribution in [0.1, 0.15) is 5.56 Å². The maximum absolute atomic E-state index is 11.2. The molecule has 0 heterocycles.